The van der Waals surface area contributed by atoms with E-state index in [-0.39, 0.29) is 5.91 Å². The summed E-state index contributed by atoms with van der Waals surface area (Å²) in [6.07, 6.45) is 5.53. The number of nitrogens with one attached hydrogen (secondary N) is 1. The number of carbonyl (C=O) groups is 1. The molecule has 0 saturated carbocycles. The van der Waals surface area contributed by atoms with E-state index in [0.29, 0.717) is 6.04 Å². The minimum Gasteiger partial charge on any atom is -0.456 e. The minimum absolute atomic E-state index is 0.102. The molecule has 1 aromatic rings. The lowest BCUT2D eigenvalue weighted by molar-refractivity contribution is 0.0736. The summed E-state index contributed by atoms with van der Waals surface area (Å²) >= 11 is 0. The average Bonchev–Trinajstić information content (AvgIpc) is 2.97. The van der Waals surface area contributed by atoms with Gasteiger partial charge in [-0.15, -0.1) is 0 Å². The summed E-state index contributed by atoms with van der Waals surface area (Å²) in [4.78, 5) is 18.2. The average molecular weight is 514 g/mol. The SMILES string of the molecule is CCN(CC)C1C=c2oc3cc(=[N+](CC)CC)ccc-3c(-c3ccccc3C(=O)N3CCNCC3)c2=CC1. The van der Waals surface area contributed by atoms with Crippen LogP contribution in [0.4, 0.5) is 0 Å². The summed E-state index contributed by atoms with van der Waals surface area (Å²) in [6, 6.07) is 14.9. The second kappa shape index (κ2) is 11.7. The summed E-state index contributed by atoms with van der Waals surface area (Å²) in [5.41, 5.74) is 4.79. The Kier molecular flexibility index (Phi) is 8.10. The third-order valence-corrected chi connectivity index (χ3v) is 8.14. The highest BCUT2D eigenvalue weighted by Gasteiger charge is 2.26. The largest absolute Gasteiger partial charge is 0.456 e. The first-order chi connectivity index (χ1) is 18.6. The molecule has 5 rings (SSSR count). The lowest BCUT2D eigenvalue weighted by Gasteiger charge is -2.29. The first kappa shape index (κ1) is 26.4. The summed E-state index contributed by atoms with van der Waals surface area (Å²) in [7, 11) is 0. The van der Waals surface area contributed by atoms with Crippen molar-refractivity contribution in [1.82, 2.24) is 19.7 Å². The maximum atomic E-state index is 13.8. The molecule has 0 bridgehead atoms. The van der Waals surface area contributed by atoms with Crippen LogP contribution in [0.1, 0.15) is 44.5 Å². The third kappa shape index (κ3) is 4.95. The van der Waals surface area contributed by atoms with Gasteiger partial charge in [-0.25, -0.2) is 4.58 Å². The van der Waals surface area contributed by atoms with Crippen LogP contribution in [-0.2, 0) is 0 Å². The highest BCUT2D eigenvalue weighted by Crippen LogP contribution is 2.32. The van der Waals surface area contributed by atoms with E-state index in [1.807, 2.05) is 23.1 Å². The van der Waals surface area contributed by atoms with Gasteiger partial charge in [-0.1, -0.05) is 38.1 Å². The van der Waals surface area contributed by atoms with E-state index in [2.05, 4.69) is 78.9 Å². The molecule has 38 heavy (non-hydrogen) atoms. The molecule has 1 aromatic carbocycles. The van der Waals surface area contributed by atoms with Crippen molar-refractivity contribution >= 4 is 18.1 Å². The van der Waals surface area contributed by atoms with Crippen molar-refractivity contribution in [3.05, 3.63) is 64.0 Å². The Hall–Kier alpha value is -3.22. The van der Waals surface area contributed by atoms with Crippen LogP contribution in [0.15, 0.2) is 46.9 Å². The summed E-state index contributed by atoms with van der Waals surface area (Å²) < 4.78 is 9.01. The second-order valence-electron chi connectivity index (χ2n) is 10.1. The van der Waals surface area contributed by atoms with Crippen LogP contribution in [0.5, 0.6) is 0 Å². The highest BCUT2D eigenvalue weighted by atomic mass is 16.3. The van der Waals surface area contributed by atoms with Crippen LogP contribution in [0, 0.1) is 0 Å². The van der Waals surface area contributed by atoms with Gasteiger partial charge < -0.3 is 14.6 Å². The molecule has 1 N–H and O–H groups in total. The van der Waals surface area contributed by atoms with Crippen LogP contribution in [0.25, 0.3) is 34.6 Å². The first-order valence-corrected chi connectivity index (χ1v) is 14.3. The molecular formula is C32H41N4O2+. The van der Waals surface area contributed by atoms with E-state index in [1.54, 1.807) is 0 Å². The third-order valence-electron chi connectivity index (χ3n) is 8.14. The molecule has 2 aliphatic heterocycles. The predicted molar refractivity (Wildman–Crippen MR) is 155 cm³/mol. The molecule has 0 radical (unpaired) electrons. The van der Waals surface area contributed by atoms with Gasteiger partial charge in [-0.05, 0) is 57.1 Å². The van der Waals surface area contributed by atoms with E-state index >= 15 is 0 Å². The number of rotatable bonds is 7. The molecule has 0 aromatic heterocycles. The van der Waals surface area contributed by atoms with Crippen molar-refractivity contribution in [2.45, 2.75) is 40.2 Å². The number of fused-ring (bicyclic) bond motifs is 2. The zero-order valence-corrected chi connectivity index (χ0v) is 23.3. The van der Waals surface area contributed by atoms with E-state index < -0.39 is 0 Å². The molecule has 1 fully saturated rings. The highest BCUT2D eigenvalue weighted by molar-refractivity contribution is 6.03. The number of hydrogen-bond acceptors (Lipinski definition) is 4. The van der Waals surface area contributed by atoms with Crippen molar-refractivity contribution in [3.63, 3.8) is 0 Å². The topological polar surface area (TPSA) is 51.7 Å². The number of nitrogens with zero attached hydrogens (tertiary/aromatic N) is 3. The van der Waals surface area contributed by atoms with Crippen molar-refractivity contribution in [2.75, 3.05) is 52.4 Å². The van der Waals surface area contributed by atoms with Gasteiger partial charge >= 0.3 is 0 Å². The van der Waals surface area contributed by atoms with Crippen molar-refractivity contribution in [2.24, 2.45) is 0 Å². The molecule has 2 heterocycles. The summed E-state index contributed by atoms with van der Waals surface area (Å²) in [5.74, 6) is 0.961. The van der Waals surface area contributed by atoms with Gasteiger partial charge in [0.05, 0.1) is 6.07 Å². The van der Waals surface area contributed by atoms with Crippen LogP contribution >= 0.6 is 0 Å². The molecule has 2 aliphatic carbocycles. The molecule has 1 atom stereocenters. The molecule has 4 aliphatic rings. The minimum atomic E-state index is 0.102. The van der Waals surface area contributed by atoms with Gasteiger partial charge in [0.25, 0.3) is 5.91 Å². The lowest BCUT2D eigenvalue weighted by Crippen LogP contribution is -2.46. The number of benzene rings is 2. The fourth-order valence-electron chi connectivity index (χ4n) is 6.00. The van der Waals surface area contributed by atoms with Crippen molar-refractivity contribution in [3.8, 4) is 22.5 Å². The molecule has 1 unspecified atom stereocenters. The molecular weight excluding hydrogens is 472 g/mol. The first-order valence-electron chi connectivity index (χ1n) is 14.3. The van der Waals surface area contributed by atoms with Gasteiger partial charge in [0.1, 0.15) is 24.3 Å². The Morgan fingerprint density at radius 2 is 1.76 bits per heavy atom. The van der Waals surface area contributed by atoms with E-state index in [9.17, 15) is 4.79 Å². The Balaban J connectivity index is 1.78. The lowest BCUT2D eigenvalue weighted by atomic mass is 9.90. The van der Waals surface area contributed by atoms with Crippen LogP contribution in [0.3, 0.4) is 0 Å². The smallest absolute Gasteiger partial charge is 0.254 e. The zero-order valence-electron chi connectivity index (χ0n) is 23.3. The number of hydrogen-bond donors (Lipinski definition) is 1. The van der Waals surface area contributed by atoms with Gasteiger partial charge in [-0.3, -0.25) is 9.69 Å². The van der Waals surface area contributed by atoms with Gasteiger partial charge in [-0.2, -0.15) is 0 Å². The molecule has 1 saturated heterocycles. The number of carbonyl (C=O) groups excluding carboxylic acids is 1. The zero-order chi connectivity index (χ0) is 26.6. The van der Waals surface area contributed by atoms with Gasteiger partial charge in [0.2, 0.25) is 5.36 Å². The van der Waals surface area contributed by atoms with Crippen LogP contribution in [-0.4, -0.2) is 74.1 Å². The maximum Gasteiger partial charge on any atom is 0.254 e. The Bertz CT molecular complexity index is 1460. The standard InChI is InChI=1S/C32H41N4O2/c1-5-34(6-2)23-13-15-27-29(21-23)38-30-22-24(35(7-3)8-4)14-16-28(30)31(27)25-11-9-10-12-26(25)32(37)36-19-17-33-18-20-36/h9-13,15-16,21-22,24,33H,5-8,14,17-20H2,1-4H3/q+1. The quantitative estimate of drug-likeness (QED) is 0.494. The van der Waals surface area contributed by atoms with Crippen molar-refractivity contribution in [1.29, 1.82) is 0 Å². The summed E-state index contributed by atoms with van der Waals surface area (Å²) in [6.45, 7) is 15.8. The fourth-order valence-corrected chi connectivity index (χ4v) is 6.00. The summed E-state index contributed by atoms with van der Waals surface area (Å²) in [5, 5.41) is 5.61. The molecule has 200 valence electrons. The van der Waals surface area contributed by atoms with Crippen molar-refractivity contribution < 1.29 is 9.21 Å². The Labute approximate surface area is 225 Å². The normalized spacial score (nSPS) is 17.2. The van der Waals surface area contributed by atoms with Crippen LogP contribution < -0.4 is 25.9 Å². The number of amides is 1. The number of piperazine rings is 1. The second-order valence-corrected chi connectivity index (χ2v) is 10.1. The van der Waals surface area contributed by atoms with E-state index in [1.165, 1.54) is 0 Å². The monoisotopic (exact) mass is 513 g/mol. The Morgan fingerprint density at radius 3 is 2.47 bits per heavy atom. The molecule has 1 amide bonds. The molecule has 6 nitrogen and oxygen atoms in total. The predicted octanol–water partition coefficient (Wildman–Crippen LogP) is 2.58. The van der Waals surface area contributed by atoms with E-state index in [0.717, 1.165) is 103 Å². The molecule has 6 heteroatoms. The van der Waals surface area contributed by atoms with Gasteiger partial charge in [0, 0.05) is 60.2 Å². The fraction of sp³-hybridized carbons (Fsp3) is 0.438. The maximum absolute atomic E-state index is 13.8. The molecule has 0 spiro atoms. The van der Waals surface area contributed by atoms with Crippen LogP contribution in [0.2, 0.25) is 0 Å². The van der Waals surface area contributed by atoms with E-state index in [4.69, 9.17) is 4.42 Å². The Morgan fingerprint density at radius 1 is 1.03 bits per heavy atom. The van der Waals surface area contributed by atoms with Gasteiger partial charge in [0.15, 0.2) is 0 Å².